The van der Waals surface area contributed by atoms with E-state index in [9.17, 15) is 44.7 Å². The third-order valence-corrected chi connectivity index (χ3v) is 10.0. The van der Waals surface area contributed by atoms with Crippen molar-refractivity contribution in [2.45, 2.75) is 76.4 Å². The van der Waals surface area contributed by atoms with Gasteiger partial charge in [0.15, 0.2) is 11.8 Å². The SMILES string of the molecule is C[C@H](C(=O)NC[C@H](c1ccc(Cl)c(-n2ncnc2C(F)F)c1)N1C(=N)N[C@](CC(C)(C)C(F)(F)F)(c2ccc(-c3cnn(C4CC4)n3)cc2)C1=O)C(F)(F)F. The number of carbonyl (C=O) groups is 2. The van der Waals surface area contributed by atoms with Crippen LogP contribution < -0.4 is 10.6 Å². The molecule has 4 aromatic rings. The van der Waals surface area contributed by atoms with E-state index in [1.54, 1.807) is 4.80 Å². The van der Waals surface area contributed by atoms with Gasteiger partial charge < -0.3 is 10.6 Å². The molecule has 0 spiro atoms. The summed E-state index contributed by atoms with van der Waals surface area (Å²) in [5.41, 5.74) is -4.11. The monoisotopic (exact) mass is 800 g/mol. The van der Waals surface area contributed by atoms with Gasteiger partial charge in [0.05, 0.1) is 34.4 Å². The summed E-state index contributed by atoms with van der Waals surface area (Å²) < 4.78 is 112. The first-order valence-corrected chi connectivity index (χ1v) is 17.1. The molecular formula is C34H33ClF8N10O2. The van der Waals surface area contributed by atoms with Crippen LogP contribution in [0.25, 0.3) is 16.9 Å². The van der Waals surface area contributed by atoms with Crippen LogP contribution in [0.5, 0.6) is 0 Å². The molecule has 1 aliphatic carbocycles. The van der Waals surface area contributed by atoms with Crippen LogP contribution in [0.1, 0.15) is 75.5 Å². The van der Waals surface area contributed by atoms with E-state index in [4.69, 9.17) is 17.0 Å². The molecule has 3 atom stereocenters. The van der Waals surface area contributed by atoms with E-state index in [1.807, 2.05) is 0 Å². The van der Waals surface area contributed by atoms with Crippen molar-refractivity contribution in [3.8, 4) is 16.9 Å². The van der Waals surface area contributed by atoms with Crippen LogP contribution in [0.15, 0.2) is 55.0 Å². The number of nitrogens with zero attached hydrogens (tertiary/aromatic N) is 7. The normalized spacial score (nSPS) is 19.2. The number of nitrogens with one attached hydrogen (secondary N) is 3. The van der Waals surface area contributed by atoms with Crippen LogP contribution in [-0.4, -0.2) is 71.3 Å². The maximum atomic E-state index is 14.8. The zero-order chi connectivity index (χ0) is 40.2. The van der Waals surface area contributed by atoms with Gasteiger partial charge in [0.2, 0.25) is 5.91 Å². The number of hydrogen-bond donors (Lipinski definition) is 3. The molecule has 3 heterocycles. The van der Waals surface area contributed by atoms with Gasteiger partial charge in [-0.05, 0) is 49.4 Å². The molecule has 1 aliphatic heterocycles. The summed E-state index contributed by atoms with van der Waals surface area (Å²) in [6, 6.07) is 8.05. The lowest BCUT2D eigenvalue weighted by Gasteiger charge is -2.37. The molecule has 294 valence electrons. The van der Waals surface area contributed by atoms with Crippen molar-refractivity contribution in [2.75, 3.05) is 6.54 Å². The number of amides is 2. The average molecular weight is 801 g/mol. The minimum Gasteiger partial charge on any atom is -0.353 e. The van der Waals surface area contributed by atoms with Gasteiger partial charge in [-0.2, -0.15) is 46.4 Å². The minimum absolute atomic E-state index is 0.00914. The highest BCUT2D eigenvalue weighted by atomic mass is 35.5. The number of carbonyl (C=O) groups excluding carboxylic acids is 2. The van der Waals surface area contributed by atoms with E-state index in [0.29, 0.717) is 27.8 Å². The molecule has 12 nitrogen and oxygen atoms in total. The molecular weight excluding hydrogens is 768 g/mol. The maximum absolute atomic E-state index is 14.8. The first kappa shape index (κ1) is 39.6. The Bertz CT molecular complexity index is 2100. The Morgan fingerprint density at radius 1 is 1.07 bits per heavy atom. The topological polar surface area (TPSA) is 147 Å². The van der Waals surface area contributed by atoms with Gasteiger partial charge in [0.25, 0.3) is 12.3 Å². The second-order valence-electron chi connectivity index (χ2n) is 14.0. The first-order chi connectivity index (χ1) is 25.6. The predicted molar refractivity (Wildman–Crippen MR) is 180 cm³/mol. The molecule has 1 saturated heterocycles. The lowest BCUT2D eigenvalue weighted by atomic mass is 9.74. The van der Waals surface area contributed by atoms with Crippen LogP contribution in [0.2, 0.25) is 5.02 Å². The Hall–Kier alpha value is -5.14. The molecule has 2 amide bonds. The number of benzene rings is 2. The van der Waals surface area contributed by atoms with Crippen molar-refractivity contribution in [3.63, 3.8) is 0 Å². The summed E-state index contributed by atoms with van der Waals surface area (Å²) in [5, 5.41) is 26.1. The van der Waals surface area contributed by atoms with Crippen LogP contribution in [0.3, 0.4) is 0 Å². The van der Waals surface area contributed by atoms with Gasteiger partial charge in [-0.1, -0.05) is 55.8 Å². The van der Waals surface area contributed by atoms with Gasteiger partial charge in [-0.25, -0.2) is 18.4 Å². The van der Waals surface area contributed by atoms with Crippen LogP contribution in [0.4, 0.5) is 35.1 Å². The highest BCUT2D eigenvalue weighted by Crippen LogP contribution is 2.49. The summed E-state index contributed by atoms with van der Waals surface area (Å²) in [6.07, 6.45) is -9.72. The largest absolute Gasteiger partial charge is 0.400 e. The van der Waals surface area contributed by atoms with Crippen LogP contribution in [0, 0.1) is 16.7 Å². The van der Waals surface area contributed by atoms with Gasteiger partial charge in [0, 0.05) is 12.1 Å². The lowest BCUT2D eigenvalue weighted by molar-refractivity contribution is -0.218. The van der Waals surface area contributed by atoms with E-state index < -0.39 is 78.3 Å². The quantitative estimate of drug-likeness (QED) is 0.130. The minimum atomic E-state index is -4.96. The Morgan fingerprint density at radius 3 is 2.35 bits per heavy atom. The summed E-state index contributed by atoms with van der Waals surface area (Å²) in [5.74, 6) is -6.72. The lowest BCUT2D eigenvalue weighted by Crippen LogP contribution is -2.51. The second kappa shape index (κ2) is 14.2. The molecule has 55 heavy (non-hydrogen) atoms. The van der Waals surface area contributed by atoms with Gasteiger partial charge in [0.1, 0.15) is 23.5 Å². The fourth-order valence-corrected chi connectivity index (χ4v) is 6.45. The van der Waals surface area contributed by atoms with E-state index in [1.165, 1.54) is 42.6 Å². The van der Waals surface area contributed by atoms with Gasteiger partial charge >= 0.3 is 12.4 Å². The van der Waals surface area contributed by atoms with Crippen molar-refractivity contribution < 1.29 is 44.7 Å². The fourth-order valence-electron chi connectivity index (χ4n) is 6.26. The van der Waals surface area contributed by atoms with E-state index in [-0.39, 0.29) is 27.9 Å². The molecule has 6 rings (SSSR count). The standard InChI is InChI=1S/C34H33ClF8N10O2/c1-17(33(38,39)40)28(54)45-14-25(19-6-11-22(35)24(12-19)52-27(26(36)37)46-16-48-52)51-29(55)32(49-30(51)44,15-31(2,3)34(41,42)43)20-7-4-18(5-8-20)23-13-47-53(50-23)21-9-10-21/h4-8,11-13,16-17,21,25-26H,9-10,14-15H2,1-3H3,(H2,44,49)(H,45,54)/t17-,25-,32-/m1/s1. The Morgan fingerprint density at radius 2 is 1.75 bits per heavy atom. The van der Waals surface area contributed by atoms with Crippen molar-refractivity contribution in [1.82, 2.24) is 45.3 Å². The number of rotatable bonds is 12. The Balaban J connectivity index is 1.44. The maximum Gasteiger partial charge on any atom is 0.400 e. The Labute approximate surface area is 312 Å². The van der Waals surface area contributed by atoms with Crippen LogP contribution in [-0.2, 0) is 15.1 Å². The summed E-state index contributed by atoms with van der Waals surface area (Å²) in [4.78, 5) is 33.3. The molecule has 2 fully saturated rings. The molecule has 2 aromatic carbocycles. The predicted octanol–water partition coefficient (Wildman–Crippen LogP) is 7.05. The third-order valence-electron chi connectivity index (χ3n) is 9.70. The Kier molecular flexibility index (Phi) is 10.2. The average Bonchev–Trinajstić information content (AvgIpc) is 3.52. The molecule has 1 saturated carbocycles. The third kappa shape index (κ3) is 7.59. The highest BCUT2D eigenvalue weighted by molar-refractivity contribution is 6.32. The molecule has 2 aliphatic rings. The fraction of sp³-hybridized carbons (Fsp3) is 0.441. The molecule has 0 bridgehead atoms. The molecule has 0 unspecified atom stereocenters. The van der Waals surface area contributed by atoms with Crippen LogP contribution >= 0.6 is 11.6 Å². The smallest absolute Gasteiger partial charge is 0.353 e. The second-order valence-corrected chi connectivity index (χ2v) is 14.4. The molecule has 21 heteroatoms. The number of guanidine groups is 1. The first-order valence-electron chi connectivity index (χ1n) is 16.8. The highest BCUT2D eigenvalue weighted by Gasteiger charge is 2.60. The van der Waals surface area contributed by atoms with Crippen molar-refractivity contribution in [3.05, 3.63) is 77.0 Å². The zero-order valence-electron chi connectivity index (χ0n) is 29.2. The molecule has 2 aromatic heterocycles. The zero-order valence-corrected chi connectivity index (χ0v) is 29.9. The summed E-state index contributed by atoms with van der Waals surface area (Å²) in [7, 11) is 0. The number of alkyl halides is 8. The number of aromatic nitrogens is 6. The number of hydrogen-bond acceptors (Lipinski definition) is 7. The van der Waals surface area contributed by atoms with Crippen molar-refractivity contribution in [2.24, 2.45) is 11.3 Å². The van der Waals surface area contributed by atoms with Crippen molar-refractivity contribution in [1.29, 1.82) is 5.41 Å². The van der Waals surface area contributed by atoms with E-state index in [0.717, 1.165) is 39.1 Å². The number of halogens is 9. The molecule has 0 radical (unpaired) electrons. The van der Waals surface area contributed by atoms with E-state index in [2.05, 4.69) is 30.9 Å². The van der Waals surface area contributed by atoms with Gasteiger partial charge in [-0.15, -0.1) is 0 Å². The van der Waals surface area contributed by atoms with Crippen molar-refractivity contribution >= 4 is 29.4 Å². The summed E-state index contributed by atoms with van der Waals surface area (Å²) >= 11 is 6.34. The summed E-state index contributed by atoms with van der Waals surface area (Å²) in [6.45, 7) is 1.55. The van der Waals surface area contributed by atoms with E-state index >= 15 is 0 Å². The van der Waals surface area contributed by atoms with Gasteiger partial charge in [-0.3, -0.25) is 19.9 Å². The molecule has 3 N–H and O–H groups in total.